The summed E-state index contributed by atoms with van der Waals surface area (Å²) < 4.78 is 6.44. The van der Waals surface area contributed by atoms with E-state index in [4.69, 9.17) is 4.74 Å². The molecule has 6 heteroatoms. The maximum absolute atomic E-state index is 11.7. The van der Waals surface area contributed by atoms with Crippen molar-refractivity contribution in [3.63, 3.8) is 0 Å². The van der Waals surface area contributed by atoms with Crippen LogP contribution in [0.15, 0.2) is 23.1 Å². The molecular formula is C12H15N3O3. The normalized spacial score (nSPS) is 11.7. The number of pyridine rings is 1. The van der Waals surface area contributed by atoms with Gasteiger partial charge in [0.15, 0.2) is 5.65 Å². The predicted molar refractivity (Wildman–Crippen MR) is 66.2 cm³/mol. The van der Waals surface area contributed by atoms with Crippen LogP contribution in [0.2, 0.25) is 0 Å². The summed E-state index contributed by atoms with van der Waals surface area (Å²) in [5.41, 5.74) is 0.120. The molecule has 0 unspecified atom stereocenters. The molecule has 0 saturated carbocycles. The average Bonchev–Trinajstić information content (AvgIpc) is 2.53. The van der Waals surface area contributed by atoms with Crippen LogP contribution in [0.4, 0.5) is 0 Å². The minimum atomic E-state index is -0.569. The van der Waals surface area contributed by atoms with Crippen LogP contribution in [-0.4, -0.2) is 26.1 Å². The van der Waals surface area contributed by atoms with E-state index in [-0.39, 0.29) is 12.2 Å². The van der Waals surface area contributed by atoms with Gasteiger partial charge in [-0.25, -0.2) is 9.78 Å². The summed E-state index contributed by atoms with van der Waals surface area (Å²) in [6.45, 7) is 5.19. The highest BCUT2D eigenvalue weighted by molar-refractivity contribution is 5.75. The van der Waals surface area contributed by atoms with Crippen molar-refractivity contribution in [2.45, 2.75) is 32.9 Å². The first kappa shape index (κ1) is 12.3. The lowest BCUT2D eigenvalue weighted by Gasteiger charge is -2.19. The number of hydrogen-bond acceptors (Lipinski definition) is 4. The molecule has 0 spiro atoms. The summed E-state index contributed by atoms with van der Waals surface area (Å²) in [5, 5.41) is 0. The van der Waals surface area contributed by atoms with E-state index >= 15 is 0 Å². The Kier molecular flexibility index (Phi) is 2.94. The van der Waals surface area contributed by atoms with Crippen molar-refractivity contribution in [2.75, 3.05) is 0 Å². The molecule has 0 aliphatic carbocycles. The Morgan fingerprint density at radius 1 is 1.50 bits per heavy atom. The van der Waals surface area contributed by atoms with Gasteiger partial charge in [0, 0.05) is 6.20 Å². The largest absolute Gasteiger partial charge is 0.459 e. The number of ether oxygens (including phenoxy) is 1. The van der Waals surface area contributed by atoms with Crippen molar-refractivity contribution >= 4 is 17.1 Å². The quantitative estimate of drug-likeness (QED) is 0.807. The number of hydrogen-bond donors (Lipinski definition) is 1. The first-order valence-electron chi connectivity index (χ1n) is 5.62. The molecular weight excluding hydrogens is 234 g/mol. The first-order valence-corrected chi connectivity index (χ1v) is 5.62. The van der Waals surface area contributed by atoms with Gasteiger partial charge in [-0.1, -0.05) is 0 Å². The second-order valence-corrected chi connectivity index (χ2v) is 4.98. The third-order valence-electron chi connectivity index (χ3n) is 2.24. The van der Waals surface area contributed by atoms with Crippen LogP contribution in [0, 0.1) is 0 Å². The Labute approximate surface area is 104 Å². The lowest BCUT2D eigenvalue weighted by atomic mass is 10.2. The van der Waals surface area contributed by atoms with E-state index in [1.165, 1.54) is 4.57 Å². The molecule has 2 rings (SSSR count). The molecule has 0 atom stereocenters. The van der Waals surface area contributed by atoms with Crippen molar-refractivity contribution in [3.05, 3.63) is 28.8 Å². The number of nitrogens with zero attached hydrogens (tertiary/aromatic N) is 2. The Balaban J connectivity index is 2.30. The van der Waals surface area contributed by atoms with Crippen LogP contribution < -0.4 is 5.69 Å². The second-order valence-electron chi connectivity index (χ2n) is 4.98. The lowest BCUT2D eigenvalue weighted by Crippen LogP contribution is -2.29. The van der Waals surface area contributed by atoms with Crippen LogP contribution in [0.5, 0.6) is 0 Å². The molecule has 0 aliphatic rings. The fourth-order valence-corrected chi connectivity index (χ4v) is 1.64. The van der Waals surface area contributed by atoms with Crippen molar-refractivity contribution in [3.8, 4) is 0 Å². The van der Waals surface area contributed by atoms with Crippen LogP contribution in [0.1, 0.15) is 20.8 Å². The van der Waals surface area contributed by atoms with Crippen LogP contribution in [0.3, 0.4) is 0 Å². The molecule has 0 saturated heterocycles. The van der Waals surface area contributed by atoms with Crippen LogP contribution >= 0.6 is 0 Å². The fourth-order valence-electron chi connectivity index (χ4n) is 1.64. The van der Waals surface area contributed by atoms with Crippen molar-refractivity contribution in [1.29, 1.82) is 0 Å². The summed E-state index contributed by atoms with van der Waals surface area (Å²) in [7, 11) is 0. The topological polar surface area (TPSA) is 77.0 Å². The van der Waals surface area contributed by atoms with Gasteiger partial charge in [0.25, 0.3) is 0 Å². The molecule has 2 aromatic heterocycles. The van der Waals surface area contributed by atoms with E-state index in [2.05, 4.69) is 9.97 Å². The molecule has 6 nitrogen and oxygen atoms in total. The molecule has 96 valence electrons. The standard InChI is InChI=1S/C12H15N3O3/c1-12(2,3)18-9(16)7-15-10-8(14-11(15)17)5-4-6-13-10/h4-6H,7H2,1-3H3,(H,14,17). The number of H-pyrrole nitrogens is 1. The molecule has 2 aromatic rings. The minimum absolute atomic E-state index is 0.146. The van der Waals surface area contributed by atoms with Gasteiger partial charge in [0.05, 0.1) is 5.52 Å². The maximum Gasteiger partial charge on any atom is 0.328 e. The van der Waals surface area contributed by atoms with Crippen LogP contribution in [-0.2, 0) is 16.1 Å². The Morgan fingerprint density at radius 3 is 2.89 bits per heavy atom. The maximum atomic E-state index is 11.7. The Hall–Kier alpha value is -2.11. The molecule has 18 heavy (non-hydrogen) atoms. The number of carbonyl (C=O) groups excluding carboxylic acids is 1. The number of nitrogens with one attached hydrogen (secondary N) is 1. The Bertz CT molecular complexity index is 634. The number of aromatic nitrogens is 3. The molecule has 0 fully saturated rings. The molecule has 0 radical (unpaired) electrons. The van der Waals surface area contributed by atoms with E-state index in [0.717, 1.165) is 0 Å². The zero-order valence-electron chi connectivity index (χ0n) is 10.6. The van der Waals surface area contributed by atoms with E-state index in [9.17, 15) is 9.59 Å². The summed E-state index contributed by atoms with van der Waals surface area (Å²) in [6, 6.07) is 3.45. The molecule has 0 amide bonds. The van der Waals surface area contributed by atoms with Gasteiger partial charge >= 0.3 is 11.7 Å². The van der Waals surface area contributed by atoms with E-state index in [1.807, 2.05) is 0 Å². The average molecular weight is 249 g/mol. The highest BCUT2D eigenvalue weighted by atomic mass is 16.6. The van der Waals surface area contributed by atoms with E-state index in [1.54, 1.807) is 39.1 Å². The highest BCUT2D eigenvalue weighted by Gasteiger charge is 2.18. The monoisotopic (exact) mass is 249 g/mol. The van der Waals surface area contributed by atoms with E-state index in [0.29, 0.717) is 11.2 Å². The van der Waals surface area contributed by atoms with E-state index < -0.39 is 11.6 Å². The van der Waals surface area contributed by atoms with Crippen molar-refractivity contribution in [1.82, 2.24) is 14.5 Å². The third-order valence-corrected chi connectivity index (χ3v) is 2.24. The Morgan fingerprint density at radius 2 is 2.22 bits per heavy atom. The number of imidazole rings is 1. The number of rotatable bonds is 2. The van der Waals surface area contributed by atoms with Crippen LogP contribution in [0.25, 0.3) is 11.2 Å². The summed E-state index contributed by atoms with van der Waals surface area (Å²) in [4.78, 5) is 30.1. The third kappa shape index (κ3) is 2.58. The smallest absolute Gasteiger partial charge is 0.328 e. The van der Waals surface area contributed by atoms with Crippen molar-refractivity contribution < 1.29 is 9.53 Å². The van der Waals surface area contributed by atoms with Gasteiger partial charge in [0.2, 0.25) is 0 Å². The van der Waals surface area contributed by atoms with Gasteiger partial charge in [-0.3, -0.25) is 9.36 Å². The van der Waals surface area contributed by atoms with Gasteiger partial charge in [-0.2, -0.15) is 0 Å². The van der Waals surface area contributed by atoms with Gasteiger partial charge in [-0.05, 0) is 32.9 Å². The SMILES string of the molecule is CC(C)(C)OC(=O)Cn1c(=O)[nH]c2cccnc21. The second kappa shape index (κ2) is 4.29. The molecule has 2 heterocycles. The number of aromatic amines is 1. The number of esters is 1. The summed E-state index contributed by atoms with van der Waals surface area (Å²) in [6.07, 6.45) is 1.57. The predicted octanol–water partition coefficient (Wildman–Crippen LogP) is 1.07. The minimum Gasteiger partial charge on any atom is -0.459 e. The highest BCUT2D eigenvalue weighted by Crippen LogP contribution is 2.09. The van der Waals surface area contributed by atoms with Gasteiger partial charge in [0.1, 0.15) is 12.1 Å². The van der Waals surface area contributed by atoms with Gasteiger partial charge in [-0.15, -0.1) is 0 Å². The fraction of sp³-hybridized carbons (Fsp3) is 0.417. The lowest BCUT2D eigenvalue weighted by molar-refractivity contribution is -0.155. The molecule has 0 bridgehead atoms. The first-order chi connectivity index (χ1) is 8.37. The zero-order valence-corrected chi connectivity index (χ0v) is 10.6. The number of fused-ring (bicyclic) bond motifs is 1. The van der Waals surface area contributed by atoms with Crippen molar-refractivity contribution in [2.24, 2.45) is 0 Å². The summed E-state index contributed by atoms with van der Waals surface area (Å²) >= 11 is 0. The number of carbonyl (C=O) groups is 1. The molecule has 0 aromatic carbocycles. The molecule has 0 aliphatic heterocycles. The zero-order chi connectivity index (χ0) is 13.3. The van der Waals surface area contributed by atoms with Gasteiger partial charge < -0.3 is 9.72 Å². The summed E-state index contributed by atoms with van der Waals surface area (Å²) in [5.74, 6) is -0.462. The molecule has 1 N–H and O–H groups in total.